The molecule has 0 nitrogen and oxygen atoms in total. The van der Waals surface area contributed by atoms with E-state index < -0.39 is 0 Å². The molecule has 0 atom stereocenters. The predicted octanol–water partition coefficient (Wildman–Crippen LogP) is 7.29. The summed E-state index contributed by atoms with van der Waals surface area (Å²) in [6, 6.07) is 15.9. The molecule has 0 amide bonds. The minimum absolute atomic E-state index is 1.02. The van der Waals surface area contributed by atoms with E-state index in [2.05, 4.69) is 74.5 Å². The van der Waals surface area contributed by atoms with Gasteiger partial charge in [0.05, 0.1) is 0 Å². The average Bonchev–Trinajstić information content (AvgIpc) is 2.89. The first kappa shape index (κ1) is 22.7. The molecule has 0 fully saturated rings. The van der Waals surface area contributed by atoms with Crippen LogP contribution in [0.5, 0.6) is 0 Å². The van der Waals surface area contributed by atoms with Gasteiger partial charge in [0, 0.05) is 0 Å². The number of benzene rings is 3. The van der Waals surface area contributed by atoms with Crippen LogP contribution in [0, 0.1) is 6.92 Å². The van der Waals surface area contributed by atoms with Gasteiger partial charge in [-0.25, -0.2) is 0 Å². The largest absolute Gasteiger partial charge is 0.0778 e. The summed E-state index contributed by atoms with van der Waals surface area (Å²) in [7, 11) is 0. The molecule has 0 bridgehead atoms. The summed E-state index contributed by atoms with van der Waals surface area (Å²) in [6.07, 6.45) is 7.91. The van der Waals surface area contributed by atoms with E-state index in [-0.39, 0.29) is 0 Å². The van der Waals surface area contributed by atoms with Crippen molar-refractivity contribution >= 4 is 33.7 Å². The highest BCUT2D eigenvalue weighted by atomic mass is 14.1. The smallest absolute Gasteiger partial charge is 0.0154 e. The first-order chi connectivity index (χ1) is 13.2. The van der Waals surface area contributed by atoms with Crippen molar-refractivity contribution in [2.75, 3.05) is 0 Å². The van der Waals surface area contributed by atoms with Gasteiger partial charge < -0.3 is 0 Å². The van der Waals surface area contributed by atoms with Crippen molar-refractivity contribution in [1.82, 2.24) is 0 Å². The lowest BCUT2D eigenvalue weighted by Gasteiger charge is -2.04. The molecule has 0 radical (unpaired) electrons. The number of fused-ring (bicyclic) bond motifs is 3. The molecule has 3 aromatic carbocycles. The van der Waals surface area contributed by atoms with E-state index in [1.165, 1.54) is 43.1 Å². The van der Waals surface area contributed by atoms with E-state index in [1.54, 1.807) is 0 Å². The van der Waals surface area contributed by atoms with Gasteiger partial charge in [-0.1, -0.05) is 89.1 Å². The van der Waals surface area contributed by atoms with E-state index in [1.807, 2.05) is 41.5 Å². The maximum absolute atomic E-state index is 2.33. The van der Waals surface area contributed by atoms with E-state index in [4.69, 9.17) is 0 Å². The van der Waals surface area contributed by atoms with Crippen LogP contribution in [0.15, 0.2) is 54.1 Å². The molecular formula is C27H36. The number of allylic oxidation sites excluding steroid dienone is 2. The van der Waals surface area contributed by atoms with Crippen LogP contribution in [-0.2, 0) is 0 Å². The average molecular weight is 361 g/mol. The van der Waals surface area contributed by atoms with Gasteiger partial charge in [0.1, 0.15) is 0 Å². The van der Waals surface area contributed by atoms with Gasteiger partial charge in [-0.15, -0.1) is 0 Å². The molecule has 0 saturated carbocycles. The van der Waals surface area contributed by atoms with E-state index >= 15 is 0 Å². The topological polar surface area (TPSA) is 0 Å². The van der Waals surface area contributed by atoms with Gasteiger partial charge in [-0.2, -0.15) is 0 Å². The standard InChI is InChI=1S/C21H18.3C2H6/c1-14-4-3-5-16-10-20-13-19-9-15(2)6-7-17(19)11-21(20)12-18(16)8-14;3*1-2/h4-13H,3H2,1-2H3;3*1-2H3. The van der Waals surface area contributed by atoms with Crippen LogP contribution in [0.4, 0.5) is 0 Å². The Hall–Kier alpha value is -2.34. The molecule has 27 heavy (non-hydrogen) atoms. The fourth-order valence-electron chi connectivity index (χ4n) is 3.18. The highest BCUT2D eigenvalue weighted by Crippen LogP contribution is 2.22. The maximum Gasteiger partial charge on any atom is -0.0154 e. The first-order valence-electron chi connectivity index (χ1n) is 10.5. The van der Waals surface area contributed by atoms with Crippen LogP contribution >= 0.6 is 0 Å². The van der Waals surface area contributed by atoms with Gasteiger partial charge >= 0.3 is 0 Å². The quantitative estimate of drug-likeness (QED) is 0.369. The van der Waals surface area contributed by atoms with Crippen LogP contribution in [-0.4, -0.2) is 0 Å². The summed E-state index contributed by atoms with van der Waals surface area (Å²) < 4.78 is 0. The zero-order chi connectivity index (χ0) is 20.4. The lowest BCUT2D eigenvalue weighted by molar-refractivity contribution is 1.42. The molecule has 0 saturated heterocycles. The Balaban J connectivity index is 0.000000556. The van der Waals surface area contributed by atoms with Crippen molar-refractivity contribution in [2.45, 2.75) is 61.8 Å². The maximum atomic E-state index is 2.33. The molecule has 0 aliphatic heterocycles. The minimum Gasteiger partial charge on any atom is -0.0778 e. The summed E-state index contributed by atoms with van der Waals surface area (Å²) in [5, 5.41) is 7.98. The fraction of sp³-hybridized carbons (Fsp3) is 0.333. The Morgan fingerprint density at radius 1 is 0.556 bits per heavy atom. The Labute approximate surface area is 165 Å². The Bertz CT molecular complexity index is 1020. The Kier molecular flexibility index (Phi) is 9.58. The summed E-state index contributed by atoms with van der Waals surface area (Å²) in [5.41, 5.74) is 2.66. The highest BCUT2D eigenvalue weighted by molar-refractivity contribution is 5.98. The van der Waals surface area contributed by atoms with Crippen molar-refractivity contribution in [3.05, 3.63) is 70.1 Å². The fourth-order valence-corrected chi connectivity index (χ4v) is 3.18. The zero-order valence-corrected chi connectivity index (χ0v) is 18.5. The first-order valence-corrected chi connectivity index (χ1v) is 10.5. The Morgan fingerprint density at radius 3 is 1.78 bits per heavy atom. The summed E-state index contributed by atoms with van der Waals surface area (Å²) in [4.78, 5) is 0. The van der Waals surface area contributed by atoms with Gasteiger partial charge in [0.15, 0.2) is 0 Å². The molecule has 1 aliphatic rings. The molecule has 0 N–H and O–H groups in total. The van der Waals surface area contributed by atoms with Crippen LogP contribution in [0.1, 0.15) is 60.5 Å². The van der Waals surface area contributed by atoms with E-state index in [0.29, 0.717) is 0 Å². The lowest BCUT2D eigenvalue weighted by atomic mass is 10.0. The van der Waals surface area contributed by atoms with E-state index in [9.17, 15) is 0 Å². The predicted molar refractivity (Wildman–Crippen MR) is 127 cm³/mol. The van der Waals surface area contributed by atoms with Crippen molar-refractivity contribution in [1.29, 1.82) is 0 Å². The molecule has 0 heteroatoms. The summed E-state index contributed by atoms with van der Waals surface area (Å²) in [5.74, 6) is 0. The van der Waals surface area contributed by atoms with Gasteiger partial charge in [0.2, 0.25) is 0 Å². The minimum atomic E-state index is 1.02. The number of aryl methyl sites for hydroxylation is 1. The second-order valence-corrected chi connectivity index (χ2v) is 6.06. The molecule has 0 unspecified atom stereocenters. The molecule has 1 aliphatic carbocycles. The van der Waals surface area contributed by atoms with Crippen molar-refractivity contribution in [3.8, 4) is 0 Å². The molecule has 0 spiro atoms. The van der Waals surface area contributed by atoms with Crippen LogP contribution < -0.4 is 10.4 Å². The third-order valence-electron chi connectivity index (χ3n) is 4.31. The SMILES string of the molecule is CC.CC.CC.CC1=CCC=c2cc3cc4cc(C)ccc4cc3cc2=C1. The molecule has 144 valence electrons. The highest BCUT2D eigenvalue weighted by Gasteiger charge is 2.01. The normalized spacial score (nSPS) is 11.6. The number of hydrogen-bond donors (Lipinski definition) is 0. The zero-order valence-electron chi connectivity index (χ0n) is 18.5. The molecule has 0 aromatic heterocycles. The number of hydrogen-bond acceptors (Lipinski definition) is 0. The molecule has 0 heterocycles. The van der Waals surface area contributed by atoms with Crippen LogP contribution in [0.2, 0.25) is 0 Å². The third kappa shape index (κ3) is 5.57. The van der Waals surface area contributed by atoms with Gasteiger partial charge in [-0.3, -0.25) is 0 Å². The monoisotopic (exact) mass is 360 g/mol. The van der Waals surface area contributed by atoms with E-state index in [0.717, 1.165) is 6.42 Å². The number of rotatable bonds is 0. The van der Waals surface area contributed by atoms with Crippen molar-refractivity contribution in [3.63, 3.8) is 0 Å². The molecule has 3 aromatic rings. The van der Waals surface area contributed by atoms with Gasteiger partial charge in [-0.05, 0) is 76.5 Å². The van der Waals surface area contributed by atoms with Crippen molar-refractivity contribution < 1.29 is 0 Å². The van der Waals surface area contributed by atoms with Crippen LogP contribution in [0.25, 0.3) is 33.7 Å². The summed E-state index contributed by atoms with van der Waals surface area (Å²) >= 11 is 0. The lowest BCUT2D eigenvalue weighted by Crippen LogP contribution is -2.23. The Morgan fingerprint density at radius 2 is 1.11 bits per heavy atom. The summed E-state index contributed by atoms with van der Waals surface area (Å²) in [6.45, 7) is 16.3. The third-order valence-corrected chi connectivity index (χ3v) is 4.31. The van der Waals surface area contributed by atoms with Gasteiger partial charge in [0.25, 0.3) is 0 Å². The van der Waals surface area contributed by atoms with Crippen molar-refractivity contribution in [2.24, 2.45) is 0 Å². The molecular weight excluding hydrogens is 324 g/mol. The molecule has 4 rings (SSSR count). The second-order valence-electron chi connectivity index (χ2n) is 6.06. The van der Waals surface area contributed by atoms with Crippen LogP contribution in [0.3, 0.4) is 0 Å². The second kappa shape index (κ2) is 11.4.